The summed E-state index contributed by atoms with van der Waals surface area (Å²) in [6.07, 6.45) is 0. The minimum Gasteiger partial charge on any atom is -0.0622 e. The maximum Gasteiger partial charge on any atom is -0.00137 e. The lowest BCUT2D eigenvalue weighted by Crippen LogP contribution is -2.16. The topological polar surface area (TPSA) is 0 Å². The van der Waals surface area contributed by atoms with E-state index in [1.165, 1.54) is 133 Å². The Balaban J connectivity index is 1.21. The molecule has 0 amide bonds. The monoisotopic (exact) mass is 756 g/mol. The average Bonchev–Trinajstić information content (AvgIpc) is 4.03. The second-order valence-corrected chi connectivity index (χ2v) is 16.2. The predicted molar refractivity (Wildman–Crippen MR) is 250 cm³/mol. The van der Waals surface area contributed by atoms with Gasteiger partial charge in [0.1, 0.15) is 0 Å². The van der Waals surface area contributed by atoms with Crippen LogP contribution in [0.25, 0.3) is 77.9 Å². The molecule has 4 aliphatic carbocycles. The lowest BCUT2D eigenvalue weighted by atomic mass is 9.85. The molecule has 0 nitrogen and oxygen atoms in total. The Kier molecular flexibility index (Phi) is 7.11. The van der Waals surface area contributed by atoms with Gasteiger partial charge in [0.05, 0.1) is 0 Å². The maximum absolute atomic E-state index is 2.53. The van der Waals surface area contributed by atoms with Gasteiger partial charge in [-0.05, 0) is 145 Å². The van der Waals surface area contributed by atoms with Crippen molar-refractivity contribution in [2.45, 2.75) is 0 Å². The van der Waals surface area contributed by atoms with Gasteiger partial charge in [-0.25, -0.2) is 0 Å². The van der Waals surface area contributed by atoms with Crippen LogP contribution in [0.1, 0.15) is 44.5 Å². The van der Waals surface area contributed by atoms with Gasteiger partial charge in [0.2, 0.25) is 0 Å². The normalized spacial score (nSPS) is 13.2. The Bertz CT molecular complexity index is 3170. The molecule has 276 valence electrons. The Hall–Kier alpha value is -7.80. The molecule has 9 aromatic rings. The van der Waals surface area contributed by atoms with Crippen LogP contribution in [0.5, 0.6) is 0 Å². The van der Waals surface area contributed by atoms with Crippen molar-refractivity contribution in [2.24, 2.45) is 0 Å². The maximum atomic E-state index is 2.53. The molecule has 0 atom stereocenters. The van der Waals surface area contributed by atoms with Gasteiger partial charge in [-0.1, -0.05) is 206 Å². The van der Waals surface area contributed by atoms with Gasteiger partial charge in [0.25, 0.3) is 0 Å². The van der Waals surface area contributed by atoms with Crippen molar-refractivity contribution in [3.05, 3.63) is 273 Å². The number of fused-ring (bicyclic) bond motifs is 12. The zero-order valence-corrected chi connectivity index (χ0v) is 32.8. The summed E-state index contributed by atoms with van der Waals surface area (Å²) in [5, 5.41) is 2.56. The minimum absolute atomic E-state index is 1.22. The summed E-state index contributed by atoms with van der Waals surface area (Å²) in [5.41, 5.74) is 28.2. The van der Waals surface area contributed by atoms with E-state index in [2.05, 4.69) is 218 Å². The van der Waals surface area contributed by atoms with Crippen molar-refractivity contribution in [3.8, 4) is 44.5 Å². The highest BCUT2D eigenvalue weighted by Crippen LogP contribution is 2.54. The van der Waals surface area contributed by atoms with E-state index in [-0.39, 0.29) is 0 Å². The Morgan fingerprint density at radius 1 is 0.200 bits per heavy atom. The van der Waals surface area contributed by atoms with Gasteiger partial charge >= 0.3 is 0 Å². The van der Waals surface area contributed by atoms with Crippen molar-refractivity contribution in [1.29, 1.82) is 0 Å². The van der Waals surface area contributed by atoms with E-state index in [1.807, 2.05) is 0 Å². The molecule has 0 bridgehead atoms. The zero-order valence-electron chi connectivity index (χ0n) is 32.8. The number of hydrogen-bond donors (Lipinski definition) is 0. The standard InChI is InChI=1S/C60H36/c1-3-19-37(20-4-1)55(57-45-29-13-7-23-39(45)40-24-8-14-30-46(40)57)59-49-33-17-11-27-43(49)51-36-54-52(35-53(51)59)44-28-12-18-34-50(44)60(54)56(38-21-5-2-6-22-38)58-47-31-15-9-25-41(47)42-26-10-16-32-48(42)58/h1-36H. The van der Waals surface area contributed by atoms with Crippen LogP contribution >= 0.6 is 0 Å². The van der Waals surface area contributed by atoms with Gasteiger partial charge < -0.3 is 0 Å². The molecule has 0 N–H and O–H groups in total. The molecule has 0 fully saturated rings. The Labute approximate surface area is 349 Å². The number of hydrogen-bond acceptors (Lipinski definition) is 0. The lowest BCUT2D eigenvalue weighted by molar-refractivity contribution is 1.54. The molecule has 13 rings (SSSR count). The van der Waals surface area contributed by atoms with E-state index in [4.69, 9.17) is 0 Å². The van der Waals surface area contributed by atoms with Crippen molar-refractivity contribution in [3.63, 3.8) is 0 Å². The van der Waals surface area contributed by atoms with E-state index >= 15 is 0 Å². The highest BCUT2D eigenvalue weighted by molar-refractivity contribution is 6.26. The lowest BCUT2D eigenvalue weighted by Gasteiger charge is -2.18. The summed E-state index contributed by atoms with van der Waals surface area (Å²) in [5.74, 6) is 0. The van der Waals surface area contributed by atoms with Crippen LogP contribution in [0.3, 0.4) is 0 Å². The minimum atomic E-state index is 1.22. The number of rotatable bonds is 4. The third kappa shape index (κ3) is 4.62. The molecule has 0 aliphatic heterocycles. The first-order valence-electron chi connectivity index (χ1n) is 20.9. The van der Waals surface area contributed by atoms with Gasteiger partial charge in [-0.15, -0.1) is 0 Å². The molecule has 0 radical (unpaired) electrons. The van der Waals surface area contributed by atoms with Crippen LogP contribution in [-0.4, -0.2) is 0 Å². The quantitative estimate of drug-likeness (QED) is 0.168. The predicted octanol–water partition coefficient (Wildman–Crippen LogP) is 13.3. The van der Waals surface area contributed by atoms with Gasteiger partial charge in [0, 0.05) is 0 Å². The summed E-state index contributed by atoms with van der Waals surface area (Å²) in [6, 6.07) is 81.3. The van der Waals surface area contributed by atoms with Crippen LogP contribution in [0.15, 0.2) is 218 Å². The van der Waals surface area contributed by atoms with Gasteiger partial charge in [0.15, 0.2) is 0 Å². The molecule has 0 saturated heterocycles. The molecule has 0 unspecified atom stereocenters. The molecule has 0 aromatic heterocycles. The molecule has 9 aromatic carbocycles. The number of allylic oxidation sites excluding steroid dienone is 2. The average molecular weight is 757 g/mol. The van der Waals surface area contributed by atoms with Gasteiger partial charge in [-0.2, -0.15) is 0 Å². The third-order valence-corrected chi connectivity index (χ3v) is 13.2. The third-order valence-electron chi connectivity index (χ3n) is 13.2. The summed E-state index contributed by atoms with van der Waals surface area (Å²) in [6.45, 7) is 0. The Morgan fingerprint density at radius 3 is 0.733 bits per heavy atom. The first-order chi connectivity index (χ1) is 29.8. The second kappa shape index (κ2) is 12.9. The van der Waals surface area contributed by atoms with E-state index in [0.29, 0.717) is 0 Å². The molecule has 0 heterocycles. The second-order valence-electron chi connectivity index (χ2n) is 16.2. The van der Waals surface area contributed by atoms with Crippen molar-refractivity contribution in [1.82, 2.24) is 0 Å². The smallest absolute Gasteiger partial charge is 0.00137 e. The molecular formula is C60H36. The van der Waals surface area contributed by atoms with E-state index in [1.54, 1.807) is 0 Å². The summed E-state index contributed by atoms with van der Waals surface area (Å²) in [4.78, 5) is 0. The van der Waals surface area contributed by atoms with Crippen LogP contribution in [0, 0.1) is 0 Å². The molecule has 60 heavy (non-hydrogen) atoms. The summed E-state index contributed by atoms with van der Waals surface area (Å²) >= 11 is 0. The van der Waals surface area contributed by atoms with E-state index in [9.17, 15) is 0 Å². The first-order valence-corrected chi connectivity index (χ1v) is 20.9. The van der Waals surface area contributed by atoms with Crippen LogP contribution in [-0.2, 0) is 0 Å². The SMILES string of the molecule is c1ccc(C(=C2c3ccccc3-c3ccccc32)C2=c3cc4c(cc3-c3ccccc32)=C(C(=C2c3ccccc3-c3ccccc32)c2ccccc2)c2ccccc2-4)cc1. The zero-order chi connectivity index (χ0) is 39.3. The van der Waals surface area contributed by atoms with Gasteiger partial charge in [-0.3, -0.25) is 0 Å². The molecular weight excluding hydrogens is 721 g/mol. The Morgan fingerprint density at radius 2 is 0.433 bits per heavy atom. The highest BCUT2D eigenvalue weighted by Gasteiger charge is 2.35. The number of benzene rings is 9. The van der Waals surface area contributed by atoms with E-state index in [0.717, 1.165) is 0 Å². The van der Waals surface area contributed by atoms with E-state index < -0.39 is 0 Å². The fourth-order valence-corrected chi connectivity index (χ4v) is 10.8. The molecule has 4 aliphatic rings. The largest absolute Gasteiger partial charge is 0.0622 e. The highest BCUT2D eigenvalue weighted by atomic mass is 14.4. The fourth-order valence-electron chi connectivity index (χ4n) is 10.8. The molecule has 0 saturated carbocycles. The van der Waals surface area contributed by atoms with Crippen molar-refractivity contribution < 1.29 is 0 Å². The van der Waals surface area contributed by atoms with Crippen LogP contribution in [0.4, 0.5) is 0 Å². The molecule has 0 heteroatoms. The first kappa shape index (κ1) is 33.2. The van der Waals surface area contributed by atoms with Crippen molar-refractivity contribution in [2.75, 3.05) is 0 Å². The molecule has 0 spiro atoms. The summed E-state index contributed by atoms with van der Waals surface area (Å²) < 4.78 is 0. The van der Waals surface area contributed by atoms with Crippen molar-refractivity contribution >= 4 is 33.4 Å². The fraction of sp³-hybridized carbons (Fsp3) is 0. The summed E-state index contributed by atoms with van der Waals surface area (Å²) in [7, 11) is 0. The van der Waals surface area contributed by atoms with Crippen LogP contribution in [0.2, 0.25) is 0 Å². The van der Waals surface area contributed by atoms with Crippen LogP contribution < -0.4 is 10.4 Å².